The number of ether oxygens (including phenoxy) is 3. The molecule has 0 unspecified atom stereocenters. The highest BCUT2D eigenvalue weighted by atomic mass is 79.9. The molecule has 3 aromatic rings. The number of benzene rings is 3. The Morgan fingerprint density at radius 2 is 1.56 bits per heavy atom. The van der Waals surface area contributed by atoms with Crippen LogP contribution >= 0.6 is 47.8 Å². The third-order valence-corrected chi connectivity index (χ3v) is 6.93. The smallest absolute Gasteiger partial charge is 0.348 e. The summed E-state index contributed by atoms with van der Waals surface area (Å²) in [5.41, 5.74) is 2.15. The van der Waals surface area contributed by atoms with E-state index in [-0.39, 0.29) is 11.3 Å². The molecule has 0 atom stereocenters. The summed E-state index contributed by atoms with van der Waals surface area (Å²) in [6.45, 7) is 0. The highest BCUT2D eigenvalue weighted by Crippen LogP contribution is 2.41. The van der Waals surface area contributed by atoms with Gasteiger partial charge in [-0.25, -0.2) is 4.79 Å². The van der Waals surface area contributed by atoms with Crippen LogP contribution in [0.2, 0.25) is 0 Å². The van der Waals surface area contributed by atoms with Gasteiger partial charge in [-0.15, -0.1) is 0 Å². The maximum Gasteiger partial charge on any atom is 0.348 e. The van der Waals surface area contributed by atoms with Crippen LogP contribution in [0.5, 0.6) is 11.5 Å². The van der Waals surface area contributed by atoms with Crippen molar-refractivity contribution in [2.45, 2.75) is 0 Å². The van der Waals surface area contributed by atoms with E-state index in [0.717, 1.165) is 14.5 Å². The summed E-state index contributed by atoms with van der Waals surface area (Å²) in [4.78, 5) is 26.4. The van der Waals surface area contributed by atoms with Crippen molar-refractivity contribution in [3.8, 4) is 11.5 Å². The van der Waals surface area contributed by atoms with Gasteiger partial charge in [-0.05, 0) is 89.3 Å². The molecule has 0 fully saturated rings. The standard InChI is InChI=1S/C26H17Br3O5/c1-32-20-9-8-16(13-17(20)27)22-21(12-14-10-18(28)25(33-2)19(29)11-14)34-26(31)23(22)24(30)15-6-4-3-5-7-15/h3-13H,1-2H3/b21-12-. The Balaban J connectivity index is 1.92. The summed E-state index contributed by atoms with van der Waals surface area (Å²) in [5, 5.41) is 0. The third-order valence-electron chi connectivity index (χ3n) is 5.13. The molecule has 0 amide bonds. The fourth-order valence-corrected chi connectivity index (χ4v) is 5.67. The van der Waals surface area contributed by atoms with E-state index in [1.54, 1.807) is 62.8 Å². The normalized spacial score (nSPS) is 14.4. The molecule has 0 aromatic heterocycles. The van der Waals surface area contributed by atoms with Crippen molar-refractivity contribution in [3.63, 3.8) is 0 Å². The van der Waals surface area contributed by atoms with Gasteiger partial charge in [0.15, 0.2) is 0 Å². The summed E-state index contributed by atoms with van der Waals surface area (Å²) in [5.74, 6) is 0.423. The first-order chi connectivity index (χ1) is 16.3. The molecule has 4 rings (SSSR count). The van der Waals surface area contributed by atoms with E-state index in [9.17, 15) is 9.59 Å². The second kappa shape index (κ2) is 10.3. The number of allylic oxidation sites excluding steroid dienone is 1. The largest absolute Gasteiger partial charge is 0.496 e. The van der Waals surface area contributed by atoms with E-state index in [1.165, 1.54) is 0 Å². The highest BCUT2D eigenvalue weighted by molar-refractivity contribution is 9.11. The SMILES string of the molecule is COc1ccc(C2=C(C(=O)c3ccccc3)C(=O)O/C2=C\c2cc(Br)c(OC)c(Br)c2)cc1Br. The quantitative estimate of drug-likeness (QED) is 0.160. The molecular weight excluding hydrogens is 632 g/mol. The van der Waals surface area contributed by atoms with E-state index in [1.807, 2.05) is 18.2 Å². The number of rotatable bonds is 6. The second-order valence-electron chi connectivity index (χ2n) is 7.21. The molecule has 0 radical (unpaired) electrons. The van der Waals surface area contributed by atoms with Crippen LogP contribution in [0.25, 0.3) is 11.6 Å². The average molecular weight is 649 g/mol. The van der Waals surface area contributed by atoms with Gasteiger partial charge in [0, 0.05) is 11.1 Å². The van der Waals surface area contributed by atoms with Crippen LogP contribution < -0.4 is 9.47 Å². The van der Waals surface area contributed by atoms with Gasteiger partial charge in [-0.2, -0.15) is 0 Å². The second-order valence-corrected chi connectivity index (χ2v) is 9.77. The molecule has 0 saturated heterocycles. The lowest BCUT2D eigenvalue weighted by Crippen LogP contribution is -2.11. The number of ketones is 1. The number of esters is 1. The average Bonchev–Trinajstić information content (AvgIpc) is 3.14. The monoisotopic (exact) mass is 646 g/mol. The van der Waals surface area contributed by atoms with Gasteiger partial charge in [-0.1, -0.05) is 36.4 Å². The summed E-state index contributed by atoms with van der Waals surface area (Å²) >= 11 is 10.5. The van der Waals surface area contributed by atoms with Crippen LogP contribution in [0, 0.1) is 0 Å². The molecular formula is C26H17Br3O5. The molecule has 0 N–H and O–H groups in total. The molecule has 0 bridgehead atoms. The van der Waals surface area contributed by atoms with Crippen LogP contribution in [0.3, 0.4) is 0 Å². The molecule has 1 aliphatic heterocycles. The molecule has 34 heavy (non-hydrogen) atoms. The maximum atomic E-state index is 13.4. The minimum atomic E-state index is -0.700. The van der Waals surface area contributed by atoms with E-state index in [0.29, 0.717) is 32.7 Å². The molecule has 0 spiro atoms. The van der Waals surface area contributed by atoms with Crippen molar-refractivity contribution in [1.82, 2.24) is 0 Å². The molecule has 3 aromatic carbocycles. The van der Waals surface area contributed by atoms with Gasteiger partial charge in [-0.3, -0.25) is 4.79 Å². The van der Waals surface area contributed by atoms with Crippen molar-refractivity contribution >= 4 is 71.2 Å². The first-order valence-corrected chi connectivity index (χ1v) is 12.4. The Morgan fingerprint density at radius 3 is 2.15 bits per heavy atom. The lowest BCUT2D eigenvalue weighted by atomic mass is 9.93. The van der Waals surface area contributed by atoms with Crippen LogP contribution in [0.1, 0.15) is 21.5 Å². The number of hydrogen-bond donors (Lipinski definition) is 0. The Kier molecular flexibility index (Phi) is 7.40. The zero-order valence-electron chi connectivity index (χ0n) is 18.0. The summed E-state index contributed by atoms with van der Waals surface area (Å²) in [6, 6.07) is 17.7. The first kappa shape index (κ1) is 24.4. The van der Waals surface area contributed by atoms with Crippen LogP contribution in [0.4, 0.5) is 0 Å². The van der Waals surface area contributed by atoms with Gasteiger partial charge < -0.3 is 14.2 Å². The van der Waals surface area contributed by atoms with Crippen molar-refractivity contribution < 1.29 is 23.8 Å². The summed E-state index contributed by atoms with van der Waals surface area (Å²) in [6.07, 6.45) is 1.71. The zero-order valence-corrected chi connectivity index (χ0v) is 22.8. The molecule has 0 aliphatic carbocycles. The summed E-state index contributed by atoms with van der Waals surface area (Å²) < 4.78 is 18.5. The number of halogens is 3. The highest BCUT2D eigenvalue weighted by Gasteiger charge is 2.36. The number of cyclic esters (lactones) is 1. The topological polar surface area (TPSA) is 61.8 Å². The zero-order chi connectivity index (χ0) is 24.4. The Bertz CT molecular complexity index is 1340. The number of carbonyl (C=O) groups is 2. The van der Waals surface area contributed by atoms with Crippen molar-refractivity contribution in [2.75, 3.05) is 14.2 Å². The number of methoxy groups -OCH3 is 2. The minimum absolute atomic E-state index is 0.0267. The molecule has 8 heteroatoms. The van der Waals surface area contributed by atoms with Gasteiger partial charge in [0.05, 0.1) is 27.6 Å². The first-order valence-electron chi connectivity index (χ1n) is 9.99. The minimum Gasteiger partial charge on any atom is -0.496 e. The molecule has 172 valence electrons. The third kappa shape index (κ3) is 4.76. The van der Waals surface area contributed by atoms with Gasteiger partial charge in [0.25, 0.3) is 0 Å². The van der Waals surface area contributed by atoms with E-state index >= 15 is 0 Å². The van der Waals surface area contributed by atoms with Gasteiger partial charge in [0.1, 0.15) is 22.8 Å². The van der Waals surface area contributed by atoms with Crippen molar-refractivity contribution in [2.24, 2.45) is 0 Å². The van der Waals surface area contributed by atoms with E-state index in [2.05, 4.69) is 47.8 Å². The van der Waals surface area contributed by atoms with Gasteiger partial charge in [0.2, 0.25) is 5.78 Å². The molecule has 0 saturated carbocycles. The van der Waals surface area contributed by atoms with Crippen LogP contribution in [-0.4, -0.2) is 26.0 Å². The molecule has 1 heterocycles. The lowest BCUT2D eigenvalue weighted by molar-refractivity contribution is -0.132. The predicted octanol–water partition coefficient (Wildman–Crippen LogP) is 7.23. The van der Waals surface area contributed by atoms with E-state index in [4.69, 9.17) is 14.2 Å². The summed E-state index contributed by atoms with van der Waals surface area (Å²) in [7, 11) is 3.14. The lowest BCUT2D eigenvalue weighted by Gasteiger charge is -2.10. The molecule has 5 nitrogen and oxygen atoms in total. The van der Waals surface area contributed by atoms with Crippen molar-refractivity contribution in [1.29, 1.82) is 0 Å². The Hall–Kier alpha value is -2.68. The fraction of sp³-hybridized carbons (Fsp3) is 0.0769. The number of carbonyl (C=O) groups excluding carboxylic acids is 2. The maximum absolute atomic E-state index is 13.4. The Morgan fingerprint density at radius 1 is 0.882 bits per heavy atom. The number of hydrogen-bond acceptors (Lipinski definition) is 5. The number of Topliss-reactive ketones (excluding diaryl/α,β-unsaturated/α-hetero) is 1. The molecule has 1 aliphatic rings. The van der Waals surface area contributed by atoms with Crippen LogP contribution in [0.15, 0.2) is 85.4 Å². The van der Waals surface area contributed by atoms with Gasteiger partial charge >= 0.3 is 5.97 Å². The Labute approximate surface area is 221 Å². The predicted molar refractivity (Wildman–Crippen MR) is 141 cm³/mol. The van der Waals surface area contributed by atoms with Crippen molar-refractivity contribution in [3.05, 3.63) is 102 Å². The fourth-order valence-electron chi connectivity index (χ4n) is 3.59. The van der Waals surface area contributed by atoms with E-state index < -0.39 is 11.8 Å². The van der Waals surface area contributed by atoms with Crippen LogP contribution in [-0.2, 0) is 9.53 Å².